The molecule has 0 atom stereocenters. The van der Waals surface area contributed by atoms with Crippen LogP contribution in [0.1, 0.15) is 54.0 Å². The summed E-state index contributed by atoms with van der Waals surface area (Å²) in [4.78, 5) is 14.9. The number of nitrogens with two attached hydrogens (primary N) is 1. The van der Waals surface area contributed by atoms with Crippen LogP contribution in [0, 0.1) is 0 Å². The molecule has 0 spiro atoms. The van der Waals surface area contributed by atoms with Crippen molar-refractivity contribution in [2.24, 2.45) is 5.10 Å². The third kappa shape index (κ3) is 4.22. The molecule has 3 heterocycles. The SMILES string of the molecule is CN(Cc1c(C(=O)N/N=C/c2ccco2)nnn1-c1nonc1N)C1CCCCC1. The van der Waals surface area contributed by atoms with Gasteiger partial charge in [0.25, 0.3) is 5.91 Å². The molecule has 1 amide bonds. The Kier molecular flexibility index (Phi) is 5.84. The Labute approximate surface area is 172 Å². The quantitative estimate of drug-likeness (QED) is 0.431. The molecule has 0 unspecified atom stereocenters. The van der Waals surface area contributed by atoms with Gasteiger partial charge in [-0.15, -0.1) is 5.10 Å². The van der Waals surface area contributed by atoms with Gasteiger partial charge in [-0.1, -0.05) is 24.5 Å². The fourth-order valence-corrected chi connectivity index (χ4v) is 3.59. The van der Waals surface area contributed by atoms with E-state index >= 15 is 0 Å². The molecule has 0 aromatic carbocycles. The minimum atomic E-state index is -0.508. The molecule has 0 radical (unpaired) electrons. The number of nitrogens with zero attached hydrogens (tertiary/aromatic N) is 7. The molecule has 3 N–H and O–H groups in total. The van der Waals surface area contributed by atoms with Crippen molar-refractivity contribution in [3.05, 3.63) is 35.5 Å². The third-order valence-corrected chi connectivity index (χ3v) is 5.17. The van der Waals surface area contributed by atoms with Gasteiger partial charge >= 0.3 is 0 Å². The van der Waals surface area contributed by atoms with Crippen LogP contribution in [0.4, 0.5) is 5.82 Å². The summed E-state index contributed by atoms with van der Waals surface area (Å²) < 4.78 is 11.2. The van der Waals surface area contributed by atoms with Crippen molar-refractivity contribution in [1.82, 2.24) is 35.6 Å². The Balaban J connectivity index is 1.58. The molecule has 0 saturated heterocycles. The fourth-order valence-electron chi connectivity index (χ4n) is 3.59. The van der Waals surface area contributed by atoms with Crippen LogP contribution in [0.5, 0.6) is 0 Å². The van der Waals surface area contributed by atoms with E-state index in [9.17, 15) is 4.79 Å². The smallest absolute Gasteiger partial charge is 0.293 e. The lowest BCUT2D eigenvalue weighted by Crippen LogP contribution is -2.34. The molecule has 1 aliphatic rings. The van der Waals surface area contributed by atoms with E-state index in [2.05, 4.69) is 36.1 Å². The summed E-state index contributed by atoms with van der Waals surface area (Å²) in [6, 6.07) is 3.86. The highest BCUT2D eigenvalue weighted by atomic mass is 16.6. The molecule has 1 fully saturated rings. The second-order valence-corrected chi connectivity index (χ2v) is 7.19. The number of carbonyl (C=O) groups is 1. The van der Waals surface area contributed by atoms with Crippen molar-refractivity contribution in [3.63, 3.8) is 0 Å². The monoisotopic (exact) mass is 413 g/mol. The normalized spacial score (nSPS) is 15.3. The number of hydrogen-bond donors (Lipinski definition) is 2. The number of anilines is 1. The molecule has 158 valence electrons. The Bertz CT molecular complexity index is 1000. The molecular weight excluding hydrogens is 390 g/mol. The van der Waals surface area contributed by atoms with Crippen molar-refractivity contribution in [2.75, 3.05) is 12.8 Å². The Morgan fingerprint density at radius 3 is 2.93 bits per heavy atom. The van der Waals surface area contributed by atoms with Crippen LogP contribution >= 0.6 is 0 Å². The van der Waals surface area contributed by atoms with E-state index in [1.165, 1.54) is 36.4 Å². The van der Waals surface area contributed by atoms with Crippen molar-refractivity contribution in [1.29, 1.82) is 0 Å². The van der Waals surface area contributed by atoms with Gasteiger partial charge in [0.05, 0.1) is 18.2 Å². The van der Waals surface area contributed by atoms with Crippen molar-refractivity contribution < 1.29 is 13.8 Å². The Morgan fingerprint density at radius 1 is 1.40 bits per heavy atom. The van der Waals surface area contributed by atoms with Gasteiger partial charge in [0.1, 0.15) is 5.76 Å². The van der Waals surface area contributed by atoms with Crippen LogP contribution in [0.15, 0.2) is 32.5 Å². The van der Waals surface area contributed by atoms with Gasteiger partial charge in [0, 0.05) is 12.6 Å². The van der Waals surface area contributed by atoms with Crippen molar-refractivity contribution in [2.45, 2.75) is 44.7 Å². The van der Waals surface area contributed by atoms with E-state index in [4.69, 9.17) is 14.8 Å². The van der Waals surface area contributed by atoms with Crippen molar-refractivity contribution in [3.8, 4) is 5.82 Å². The lowest BCUT2D eigenvalue weighted by atomic mass is 9.94. The van der Waals surface area contributed by atoms with Crippen LogP contribution < -0.4 is 11.2 Å². The molecular formula is C18H23N9O3. The topological polar surface area (TPSA) is 153 Å². The average molecular weight is 413 g/mol. The maximum Gasteiger partial charge on any atom is 0.293 e. The number of nitrogen functional groups attached to an aromatic ring is 1. The summed E-state index contributed by atoms with van der Waals surface area (Å²) in [7, 11) is 2.02. The predicted octanol–water partition coefficient (Wildman–Crippen LogP) is 1.35. The molecule has 0 bridgehead atoms. The van der Waals surface area contributed by atoms with Gasteiger partial charge in [-0.05, 0) is 42.3 Å². The number of furan rings is 1. The van der Waals surface area contributed by atoms with E-state index in [1.54, 1.807) is 12.1 Å². The highest BCUT2D eigenvalue weighted by Gasteiger charge is 2.27. The number of hydrogen-bond acceptors (Lipinski definition) is 10. The van der Waals surface area contributed by atoms with E-state index in [-0.39, 0.29) is 17.3 Å². The third-order valence-electron chi connectivity index (χ3n) is 5.17. The van der Waals surface area contributed by atoms with Crippen LogP contribution in [-0.4, -0.2) is 55.4 Å². The van der Waals surface area contributed by atoms with Crippen LogP contribution in [-0.2, 0) is 6.54 Å². The van der Waals surface area contributed by atoms with E-state index in [1.807, 2.05) is 7.05 Å². The maximum atomic E-state index is 12.7. The van der Waals surface area contributed by atoms with Crippen LogP contribution in [0.2, 0.25) is 0 Å². The van der Waals surface area contributed by atoms with Gasteiger partial charge in [0.2, 0.25) is 11.6 Å². The molecule has 3 aromatic rings. The fraction of sp³-hybridized carbons (Fsp3) is 0.444. The zero-order valence-electron chi connectivity index (χ0n) is 16.6. The lowest BCUT2D eigenvalue weighted by Gasteiger charge is -2.31. The van der Waals surface area contributed by atoms with Crippen LogP contribution in [0.3, 0.4) is 0 Å². The van der Waals surface area contributed by atoms with Crippen molar-refractivity contribution >= 4 is 17.9 Å². The van der Waals surface area contributed by atoms with Gasteiger partial charge in [-0.3, -0.25) is 9.69 Å². The maximum absolute atomic E-state index is 12.7. The molecule has 3 aromatic heterocycles. The average Bonchev–Trinajstić information content (AvgIpc) is 3.50. The second-order valence-electron chi connectivity index (χ2n) is 7.19. The Morgan fingerprint density at radius 2 is 2.23 bits per heavy atom. The van der Waals surface area contributed by atoms with E-state index in [0.717, 1.165) is 12.8 Å². The number of amides is 1. The largest absolute Gasteiger partial charge is 0.463 e. The number of rotatable bonds is 7. The van der Waals surface area contributed by atoms with Gasteiger partial charge in [-0.25, -0.2) is 10.1 Å². The summed E-state index contributed by atoms with van der Waals surface area (Å²) in [5, 5.41) is 19.4. The highest BCUT2D eigenvalue weighted by Crippen LogP contribution is 2.24. The zero-order valence-corrected chi connectivity index (χ0v) is 16.6. The number of carbonyl (C=O) groups excluding carboxylic acids is 1. The van der Waals surface area contributed by atoms with Gasteiger partial charge in [-0.2, -0.15) is 9.78 Å². The molecule has 4 rings (SSSR count). The Hall–Kier alpha value is -3.54. The predicted molar refractivity (Wildman–Crippen MR) is 106 cm³/mol. The summed E-state index contributed by atoms with van der Waals surface area (Å²) in [5.41, 5.74) is 8.93. The standard InChI is InChI=1S/C18H23N9O3/c1-26(12-6-3-2-4-7-12)11-14-15(18(28)22-20-10-13-8-5-9-29-13)21-25-27(14)17-16(19)23-30-24-17/h5,8-10,12H,2-4,6-7,11H2,1H3,(H2,19,23)(H,22,28)/b20-10+. The van der Waals surface area contributed by atoms with Gasteiger partial charge in [0.15, 0.2) is 5.69 Å². The van der Waals surface area contributed by atoms with Crippen LogP contribution in [0.25, 0.3) is 5.82 Å². The first-order chi connectivity index (χ1) is 14.6. The molecule has 1 saturated carbocycles. The minimum Gasteiger partial charge on any atom is -0.463 e. The highest BCUT2D eigenvalue weighted by molar-refractivity contribution is 5.94. The summed E-state index contributed by atoms with van der Waals surface area (Å²) in [6.07, 6.45) is 8.79. The first-order valence-corrected chi connectivity index (χ1v) is 9.73. The molecule has 1 aliphatic carbocycles. The number of aromatic nitrogens is 5. The second kappa shape index (κ2) is 8.86. The minimum absolute atomic E-state index is 0.0595. The summed E-state index contributed by atoms with van der Waals surface area (Å²) >= 11 is 0. The number of hydrazone groups is 1. The first kappa shape index (κ1) is 19.8. The molecule has 0 aliphatic heterocycles. The first-order valence-electron chi connectivity index (χ1n) is 9.73. The lowest BCUT2D eigenvalue weighted by molar-refractivity contribution is 0.0947. The molecule has 30 heavy (non-hydrogen) atoms. The van der Waals surface area contributed by atoms with E-state index in [0.29, 0.717) is 24.0 Å². The van der Waals surface area contributed by atoms with E-state index < -0.39 is 5.91 Å². The number of nitrogens with one attached hydrogen (secondary N) is 1. The molecule has 12 nitrogen and oxygen atoms in total. The van der Waals surface area contributed by atoms with Gasteiger partial charge < -0.3 is 10.2 Å². The zero-order chi connectivity index (χ0) is 20.9. The molecule has 12 heteroatoms. The summed E-state index contributed by atoms with van der Waals surface area (Å²) in [6.45, 7) is 0.425. The summed E-state index contributed by atoms with van der Waals surface area (Å²) in [5.74, 6) is 0.251.